The summed E-state index contributed by atoms with van der Waals surface area (Å²) in [6.45, 7) is 10.5. The summed E-state index contributed by atoms with van der Waals surface area (Å²) in [7, 11) is 0.989. The van der Waals surface area contributed by atoms with E-state index in [1.54, 1.807) is 0 Å². The number of benzene rings is 1. The first-order chi connectivity index (χ1) is 11.2. The fourth-order valence-electron chi connectivity index (χ4n) is 2.55. The number of esters is 1. The zero-order valence-corrected chi connectivity index (χ0v) is 15.4. The van der Waals surface area contributed by atoms with Crippen molar-refractivity contribution in [2.75, 3.05) is 13.7 Å². The Labute approximate surface area is 144 Å². The first-order valence-electron chi connectivity index (χ1n) is 8.34. The van der Waals surface area contributed by atoms with Crippen LogP contribution in [0.5, 0.6) is 0 Å². The minimum absolute atomic E-state index is 0.355. The van der Waals surface area contributed by atoms with E-state index in [9.17, 15) is 4.79 Å². The van der Waals surface area contributed by atoms with E-state index in [2.05, 4.69) is 0 Å². The van der Waals surface area contributed by atoms with Crippen LogP contribution in [0.2, 0.25) is 0 Å². The lowest BCUT2D eigenvalue weighted by Crippen LogP contribution is -2.41. The highest BCUT2D eigenvalue weighted by Crippen LogP contribution is 2.36. The Balaban J connectivity index is 2.07. The lowest BCUT2D eigenvalue weighted by Gasteiger charge is -2.32. The molecule has 0 N–H and O–H groups in total. The van der Waals surface area contributed by atoms with Gasteiger partial charge >= 0.3 is 13.1 Å². The number of hydrogen-bond acceptors (Lipinski definition) is 5. The van der Waals surface area contributed by atoms with Crippen molar-refractivity contribution in [2.45, 2.75) is 58.3 Å². The summed E-state index contributed by atoms with van der Waals surface area (Å²) in [6, 6.07) is 7.88. The predicted molar refractivity (Wildman–Crippen MR) is 93.3 cm³/mol. The molecule has 2 rings (SSSR count). The van der Waals surface area contributed by atoms with Gasteiger partial charge < -0.3 is 18.8 Å². The van der Waals surface area contributed by atoms with E-state index in [0.29, 0.717) is 13.0 Å². The zero-order valence-electron chi connectivity index (χ0n) is 15.4. The SMILES string of the molecule is CCO[C@@H](Cc1ccc(B2OC(C)(C)C(C)(C)O2)cc1)C(=O)OC. The number of methoxy groups -OCH3 is 1. The second-order valence-corrected chi connectivity index (χ2v) is 7.00. The molecule has 0 saturated carbocycles. The Morgan fingerprint density at radius 3 is 2.12 bits per heavy atom. The zero-order chi connectivity index (χ0) is 18.0. The summed E-state index contributed by atoms with van der Waals surface area (Å²) in [6.07, 6.45) is -0.104. The van der Waals surface area contributed by atoms with Gasteiger partial charge in [-0.2, -0.15) is 0 Å². The molecular weight excluding hydrogens is 307 g/mol. The highest BCUT2D eigenvalue weighted by atomic mass is 16.7. The maximum atomic E-state index is 11.7. The van der Waals surface area contributed by atoms with Gasteiger partial charge in [0.1, 0.15) is 0 Å². The van der Waals surface area contributed by atoms with Crippen LogP contribution in [0.15, 0.2) is 24.3 Å². The van der Waals surface area contributed by atoms with Crippen molar-refractivity contribution in [3.8, 4) is 0 Å². The molecule has 0 unspecified atom stereocenters. The minimum atomic E-state index is -0.581. The van der Waals surface area contributed by atoms with Crippen molar-refractivity contribution >= 4 is 18.6 Å². The average molecular weight is 334 g/mol. The van der Waals surface area contributed by atoms with Crippen molar-refractivity contribution in [3.63, 3.8) is 0 Å². The van der Waals surface area contributed by atoms with Gasteiger partial charge in [0.05, 0.1) is 18.3 Å². The smallest absolute Gasteiger partial charge is 0.467 e. The van der Waals surface area contributed by atoms with Crippen LogP contribution in [0.25, 0.3) is 0 Å². The highest BCUT2D eigenvalue weighted by molar-refractivity contribution is 6.62. The molecule has 24 heavy (non-hydrogen) atoms. The van der Waals surface area contributed by atoms with Crippen LogP contribution in [0.3, 0.4) is 0 Å². The fraction of sp³-hybridized carbons (Fsp3) is 0.611. The molecule has 0 bridgehead atoms. The van der Waals surface area contributed by atoms with Crippen LogP contribution in [0.4, 0.5) is 0 Å². The molecule has 1 aliphatic rings. The molecule has 0 spiro atoms. The average Bonchev–Trinajstić information content (AvgIpc) is 2.75. The Morgan fingerprint density at radius 1 is 1.12 bits per heavy atom. The fourth-order valence-corrected chi connectivity index (χ4v) is 2.55. The number of hydrogen-bond donors (Lipinski definition) is 0. The largest absolute Gasteiger partial charge is 0.494 e. The maximum Gasteiger partial charge on any atom is 0.494 e. The Kier molecular flexibility index (Phi) is 5.73. The number of carbonyl (C=O) groups excluding carboxylic acids is 1. The molecule has 1 aromatic carbocycles. The molecular formula is C18H27BO5. The molecule has 1 heterocycles. The monoisotopic (exact) mass is 334 g/mol. The van der Waals surface area contributed by atoms with Gasteiger partial charge in [-0.1, -0.05) is 24.3 Å². The van der Waals surface area contributed by atoms with E-state index in [4.69, 9.17) is 18.8 Å². The van der Waals surface area contributed by atoms with Crippen LogP contribution < -0.4 is 5.46 Å². The number of rotatable bonds is 6. The molecule has 0 radical (unpaired) electrons. The van der Waals surface area contributed by atoms with Gasteiger partial charge in [-0.05, 0) is 45.6 Å². The van der Waals surface area contributed by atoms with E-state index in [1.165, 1.54) is 7.11 Å². The number of carbonyl (C=O) groups is 1. The second kappa shape index (κ2) is 7.25. The van der Waals surface area contributed by atoms with Gasteiger partial charge in [0.25, 0.3) is 0 Å². The summed E-state index contributed by atoms with van der Waals surface area (Å²) >= 11 is 0. The normalized spacial score (nSPS) is 20.0. The summed E-state index contributed by atoms with van der Waals surface area (Å²) < 4.78 is 22.3. The predicted octanol–water partition coefficient (Wildman–Crippen LogP) is 2.11. The maximum absolute atomic E-state index is 11.7. The van der Waals surface area contributed by atoms with Gasteiger partial charge in [-0.15, -0.1) is 0 Å². The third kappa shape index (κ3) is 3.99. The summed E-state index contributed by atoms with van der Waals surface area (Å²) in [5.41, 5.74) is 1.24. The molecule has 1 aromatic rings. The van der Waals surface area contributed by atoms with E-state index in [-0.39, 0.29) is 24.3 Å². The molecule has 1 saturated heterocycles. The molecule has 0 aromatic heterocycles. The van der Waals surface area contributed by atoms with Crippen LogP contribution in [0, 0.1) is 0 Å². The molecule has 5 nitrogen and oxygen atoms in total. The van der Waals surface area contributed by atoms with Crippen molar-refractivity contribution in [1.29, 1.82) is 0 Å². The second-order valence-electron chi connectivity index (χ2n) is 7.00. The van der Waals surface area contributed by atoms with Crippen molar-refractivity contribution in [3.05, 3.63) is 29.8 Å². The highest BCUT2D eigenvalue weighted by Gasteiger charge is 2.51. The molecule has 1 atom stereocenters. The lowest BCUT2D eigenvalue weighted by atomic mass is 9.78. The minimum Gasteiger partial charge on any atom is -0.467 e. The van der Waals surface area contributed by atoms with Crippen LogP contribution in [-0.4, -0.2) is 44.1 Å². The molecule has 1 aliphatic heterocycles. The first kappa shape index (κ1) is 19.0. The quantitative estimate of drug-likeness (QED) is 0.589. The van der Waals surface area contributed by atoms with Gasteiger partial charge in [0.15, 0.2) is 6.10 Å². The van der Waals surface area contributed by atoms with Crippen molar-refractivity contribution < 1.29 is 23.6 Å². The van der Waals surface area contributed by atoms with Crippen LogP contribution in [0.1, 0.15) is 40.2 Å². The van der Waals surface area contributed by atoms with Crippen molar-refractivity contribution in [1.82, 2.24) is 0 Å². The van der Waals surface area contributed by atoms with Crippen molar-refractivity contribution in [2.24, 2.45) is 0 Å². The molecule has 132 valence electrons. The Morgan fingerprint density at radius 2 is 1.67 bits per heavy atom. The topological polar surface area (TPSA) is 54.0 Å². The Bertz CT molecular complexity index is 551. The number of ether oxygens (including phenoxy) is 2. The summed E-state index contributed by atoms with van der Waals surface area (Å²) in [5, 5.41) is 0. The Hall–Kier alpha value is -1.37. The van der Waals surface area contributed by atoms with E-state index in [1.807, 2.05) is 58.9 Å². The molecule has 6 heteroatoms. The van der Waals surface area contributed by atoms with E-state index >= 15 is 0 Å². The molecule has 1 fully saturated rings. The summed E-state index contributed by atoms with van der Waals surface area (Å²) in [5.74, 6) is -0.355. The lowest BCUT2D eigenvalue weighted by molar-refractivity contribution is -0.153. The third-order valence-electron chi connectivity index (χ3n) is 4.76. The molecule has 0 aliphatic carbocycles. The van der Waals surface area contributed by atoms with Crippen LogP contribution >= 0.6 is 0 Å². The van der Waals surface area contributed by atoms with Gasteiger partial charge in [-0.3, -0.25) is 0 Å². The summed E-state index contributed by atoms with van der Waals surface area (Å²) in [4.78, 5) is 11.7. The standard InChI is InChI=1S/C18H27BO5/c1-7-22-15(16(20)21-6)12-13-8-10-14(11-9-13)19-23-17(2,3)18(4,5)24-19/h8-11,15H,7,12H2,1-6H3/t15-/m0/s1. The van der Waals surface area contributed by atoms with Gasteiger partial charge in [0.2, 0.25) is 0 Å². The van der Waals surface area contributed by atoms with E-state index in [0.717, 1.165) is 11.0 Å². The third-order valence-corrected chi connectivity index (χ3v) is 4.76. The van der Waals surface area contributed by atoms with E-state index < -0.39 is 6.10 Å². The van der Waals surface area contributed by atoms with Gasteiger partial charge in [0, 0.05) is 13.0 Å². The van der Waals surface area contributed by atoms with Gasteiger partial charge in [-0.25, -0.2) is 4.79 Å². The van der Waals surface area contributed by atoms with Crippen LogP contribution in [-0.2, 0) is 30.0 Å². The first-order valence-corrected chi connectivity index (χ1v) is 8.34. The molecule has 0 amide bonds.